The summed E-state index contributed by atoms with van der Waals surface area (Å²) in [6.07, 6.45) is 3.86. The summed E-state index contributed by atoms with van der Waals surface area (Å²) in [6.45, 7) is 5.34. The Bertz CT molecular complexity index is 257. The fourth-order valence-corrected chi connectivity index (χ4v) is 2.49. The van der Waals surface area contributed by atoms with E-state index in [0.29, 0.717) is 12.1 Å². The third-order valence-corrected chi connectivity index (χ3v) is 3.99. The third kappa shape index (κ3) is 3.68. The van der Waals surface area contributed by atoms with Crippen LogP contribution in [0.5, 0.6) is 0 Å². The van der Waals surface area contributed by atoms with E-state index in [1.165, 1.54) is 0 Å². The van der Waals surface area contributed by atoms with Crippen molar-refractivity contribution in [2.75, 3.05) is 20.6 Å². The summed E-state index contributed by atoms with van der Waals surface area (Å²) in [7, 11) is 4.05. The zero-order valence-corrected chi connectivity index (χ0v) is 11.6. The first-order valence-electron chi connectivity index (χ1n) is 6.69. The van der Waals surface area contributed by atoms with E-state index in [9.17, 15) is 4.79 Å². The summed E-state index contributed by atoms with van der Waals surface area (Å²) in [5.74, 6) is 0.105. The van der Waals surface area contributed by atoms with Crippen LogP contribution in [0.1, 0.15) is 39.5 Å². The minimum absolute atomic E-state index is 0.105. The number of hydrogen-bond donors (Lipinski definition) is 1. The third-order valence-electron chi connectivity index (χ3n) is 3.99. The molecule has 2 N–H and O–H groups in total. The lowest BCUT2D eigenvalue weighted by Crippen LogP contribution is -2.51. The van der Waals surface area contributed by atoms with Crippen LogP contribution in [0, 0.1) is 0 Å². The summed E-state index contributed by atoms with van der Waals surface area (Å²) < 4.78 is 0. The standard InChI is InChI=1S/C13H27N3O/c1-5-6-12(14)13(17)16(4)11-7-8-15(3)10(2)9-11/h10-12H,5-9,14H2,1-4H3/t10-,11+,12-/m0/s1. The van der Waals surface area contributed by atoms with Crippen molar-refractivity contribution in [2.24, 2.45) is 5.73 Å². The molecular weight excluding hydrogens is 214 g/mol. The van der Waals surface area contributed by atoms with E-state index < -0.39 is 0 Å². The Balaban J connectivity index is 2.52. The Kier molecular flexibility index (Phi) is 5.40. The zero-order valence-electron chi connectivity index (χ0n) is 11.6. The molecule has 0 aromatic rings. The number of carbonyl (C=O) groups excluding carboxylic acids is 1. The Morgan fingerprint density at radius 2 is 2.24 bits per heavy atom. The number of piperidine rings is 1. The molecule has 1 aliphatic heterocycles. The van der Waals surface area contributed by atoms with Crippen molar-refractivity contribution in [2.45, 2.75) is 57.7 Å². The molecule has 0 unspecified atom stereocenters. The van der Waals surface area contributed by atoms with Gasteiger partial charge in [-0.05, 0) is 33.2 Å². The van der Waals surface area contributed by atoms with Crippen LogP contribution < -0.4 is 5.73 Å². The van der Waals surface area contributed by atoms with Gasteiger partial charge in [0.25, 0.3) is 0 Å². The van der Waals surface area contributed by atoms with Crippen LogP contribution in [0.2, 0.25) is 0 Å². The average Bonchev–Trinajstić information content (AvgIpc) is 2.31. The van der Waals surface area contributed by atoms with Crippen LogP contribution >= 0.6 is 0 Å². The molecule has 0 aromatic carbocycles. The molecule has 1 fully saturated rings. The van der Waals surface area contributed by atoms with Crippen LogP contribution in [-0.2, 0) is 4.79 Å². The Morgan fingerprint density at radius 1 is 1.59 bits per heavy atom. The fraction of sp³-hybridized carbons (Fsp3) is 0.923. The van der Waals surface area contributed by atoms with Gasteiger partial charge in [0, 0.05) is 25.7 Å². The molecule has 1 amide bonds. The molecule has 0 saturated carbocycles. The average molecular weight is 241 g/mol. The molecule has 1 rings (SSSR count). The van der Waals surface area contributed by atoms with Crippen molar-refractivity contribution in [3.8, 4) is 0 Å². The van der Waals surface area contributed by atoms with Crippen LogP contribution in [0.25, 0.3) is 0 Å². The van der Waals surface area contributed by atoms with E-state index in [0.717, 1.165) is 32.2 Å². The van der Waals surface area contributed by atoms with Gasteiger partial charge in [0.1, 0.15) is 0 Å². The second kappa shape index (κ2) is 6.36. The van der Waals surface area contributed by atoms with E-state index in [-0.39, 0.29) is 11.9 Å². The highest BCUT2D eigenvalue weighted by molar-refractivity contribution is 5.81. The maximum Gasteiger partial charge on any atom is 0.239 e. The number of likely N-dealkylation sites (N-methyl/N-ethyl adjacent to an activating group) is 1. The van der Waals surface area contributed by atoms with E-state index in [4.69, 9.17) is 5.73 Å². The van der Waals surface area contributed by atoms with Gasteiger partial charge in [0.2, 0.25) is 5.91 Å². The summed E-state index contributed by atoms with van der Waals surface area (Å²) in [4.78, 5) is 16.3. The number of nitrogens with zero attached hydrogens (tertiary/aromatic N) is 2. The Labute approximate surface area is 105 Å². The second-order valence-electron chi connectivity index (χ2n) is 5.35. The first-order chi connectivity index (χ1) is 7.97. The summed E-state index contributed by atoms with van der Waals surface area (Å²) in [6, 6.07) is 0.586. The number of likely N-dealkylation sites (tertiary alicyclic amines) is 1. The second-order valence-corrected chi connectivity index (χ2v) is 5.35. The molecule has 100 valence electrons. The van der Waals surface area contributed by atoms with E-state index in [1.54, 1.807) is 0 Å². The number of hydrogen-bond acceptors (Lipinski definition) is 3. The normalized spacial score (nSPS) is 27.8. The van der Waals surface area contributed by atoms with Gasteiger partial charge in [0.05, 0.1) is 6.04 Å². The quantitative estimate of drug-likeness (QED) is 0.800. The first-order valence-corrected chi connectivity index (χ1v) is 6.69. The molecule has 3 atom stereocenters. The molecule has 1 heterocycles. The SMILES string of the molecule is CCC[C@H](N)C(=O)N(C)[C@@H]1CCN(C)[C@@H](C)C1. The van der Waals surface area contributed by atoms with Crippen LogP contribution in [0.3, 0.4) is 0 Å². The van der Waals surface area contributed by atoms with Gasteiger partial charge in [-0.15, -0.1) is 0 Å². The van der Waals surface area contributed by atoms with Crippen LogP contribution in [-0.4, -0.2) is 54.5 Å². The number of nitrogens with two attached hydrogens (primary N) is 1. The lowest BCUT2D eigenvalue weighted by Gasteiger charge is -2.40. The predicted octanol–water partition coefficient (Wildman–Crippen LogP) is 1.05. The lowest BCUT2D eigenvalue weighted by molar-refractivity contribution is -0.134. The molecule has 0 bridgehead atoms. The van der Waals surface area contributed by atoms with E-state index in [2.05, 4.69) is 25.8 Å². The highest BCUT2D eigenvalue weighted by Crippen LogP contribution is 2.20. The molecule has 1 saturated heterocycles. The van der Waals surface area contributed by atoms with Crippen molar-refractivity contribution in [3.63, 3.8) is 0 Å². The van der Waals surface area contributed by atoms with E-state index in [1.807, 2.05) is 11.9 Å². The van der Waals surface area contributed by atoms with Crippen molar-refractivity contribution in [1.82, 2.24) is 9.80 Å². The van der Waals surface area contributed by atoms with Crippen molar-refractivity contribution in [3.05, 3.63) is 0 Å². The van der Waals surface area contributed by atoms with E-state index >= 15 is 0 Å². The lowest BCUT2D eigenvalue weighted by atomic mass is 9.97. The van der Waals surface area contributed by atoms with Gasteiger partial charge in [-0.1, -0.05) is 13.3 Å². The molecule has 1 aliphatic rings. The molecule has 4 nitrogen and oxygen atoms in total. The van der Waals surface area contributed by atoms with Gasteiger partial charge >= 0.3 is 0 Å². The van der Waals surface area contributed by atoms with Gasteiger partial charge in [-0.2, -0.15) is 0 Å². The zero-order chi connectivity index (χ0) is 13.0. The highest BCUT2D eigenvalue weighted by atomic mass is 16.2. The van der Waals surface area contributed by atoms with Crippen LogP contribution in [0.4, 0.5) is 0 Å². The Morgan fingerprint density at radius 3 is 2.76 bits per heavy atom. The highest BCUT2D eigenvalue weighted by Gasteiger charge is 2.29. The summed E-state index contributed by atoms with van der Waals surface area (Å²) >= 11 is 0. The number of rotatable bonds is 4. The molecule has 0 aromatic heterocycles. The van der Waals surface area contributed by atoms with Gasteiger partial charge in [0.15, 0.2) is 0 Å². The largest absolute Gasteiger partial charge is 0.341 e. The molecule has 0 aliphatic carbocycles. The predicted molar refractivity (Wildman–Crippen MR) is 70.8 cm³/mol. The van der Waals surface area contributed by atoms with Crippen LogP contribution in [0.15, 0.2) is 0 Å². The topological polar surface area (TPSA) is 49.6 Å². The molecule has 0 radical (unpaired) electrons. The first kappa shape index (κ1) is 14.5. The maximum atomic E-state index is 12.1. The smallest absolute Gasteiger partial charge is 0.239 e. The summed E-state index contributed by atoms with van der Waals surface area (Å²) in [5.41, 5.74) is 5.90. The van der Waals surface area contributed by atoms with Gasteiger partial charge in [-0.3, -0.25) is 4.79 Å². The Hall–Kier alpha value is -0.610. The molecular formula is C13H27N3O. The number of amides is 1. The minimum atomic E-state index is -0.319. The monoisotopic (exact) mass is 241 g/mol. The van der Waals surface area contributed by atoms with Crippen molar-refractivity contribution < 1.29 is 4.79 Å². The maximum absolute atomic E-state index is 12.1. The molecule has 4 heteroatoms. The number of carbonyl (C=O) groups is 1. The summed E-state index contributed by atoms with van der Waals surface area (Å²) in [5, 5.41) is 0. The van der Waals surface area contributed by atoms with Gasteiger partial charge < -0.3 is 15.5 Å². The van der Waals surface area contributed by atoms with Crippen molar-refractivity contribution in [1.29, 1.82) is 0 Å². The molecule has 0 spiro atoms. The van der Waals surface area contributed by atoms with Gasteiger partial charge in [-0.25, -0.2) is 0 Å². The minimum Gasteiger partial charge on any atom is -0.341 e. The van der Waals surface area contributed by atoms with Crippen molar-refractivity contribution >= 4 is 5.91 Å². The fourth-order valence-electron chi connectivity index (χ4n) is 2.49. The molecule has 17 heavy (non-hydrogen) atoms.